The second-order valence-corrected chi connectivity index (χ2v) is 5.15. The standard InChI is InChI=1S/C13H14ClNO2/c1-8-13(16)15(11-3-4-11)7-9-6-10(14)2-5-12(9)17-8/h2,5-6,8,11H,3-4,7H2,1H3. The summed E-state index contributed by atoms with van der Waals surface area (Å²) >= 11 is 5.99. The van der Waals surface area contributed by atoms with Crippen molar-refractivity contribution in [3.8, 4) is 5.75 Å². The lowest BCUT2D eigenvalue weighted by molar-refractivity contribution is -0.138. The lowest BCUT2D eigenvalue weighted by Gasteiger charge is -2.21. The summed E-state index contributed by atoms with van der Waals surface area (Å²) in [5, 5.41) is 0.685. The largest absolute Gasteiger partial charge is 0.481 e. The van der Waals surface area contributed by atoms with E-state index in [1.54, 1.807) is 13.0 Å². The van der Waals surface area contributed by atoms with E-state index in [9.17, 15) is 4.79 Å². The normalized spacial score (nSPS) is 24.0. The number of ether oxygens (including phenoxy) is 1. The molecule has 4 heteroatoms. The van der Waals surface area contributed by atoms with Gasteiger partial charge in [0.25, 0.3) is 5.91 Å². The Bertz CT molecular complexity index is 470. The molecule has 0 bridgehead atoms. The highest BCUT2D eigenvalue weighted by Crippen LogP contribution is 2.34. The van der Waals surface area contributed by atoms with Crippen molar-refractivity contribution in [2.24, 2.45) is 0 Å². The Morgan fingerprint density at radius 2 is 2.18 bits per heavy atom. The van der Waals surface area contributed by atoms with Gasteiger partial charge in [0.15, 0.2) is 6.10 Å². The van der Waals surface area contributed by atoms with Gasteiger partial charge in [-0.25, -0.2) is 0 Å². The van der Waals surface area contributed by atoms with Crippen molar-refractivity contribution in [1.82, 2.24) is 4.90 Å². The Hall–Kier alpha value is -1.22. The van der Waals surface area contributed by atoms with E-state index in [0.29, 0.717) is 17.6 Å². The van der Waals surface area contributed by atoms with E-state index in [1.807, 2.05) is 17.0 Å². The quantitative estimate of drug-likeness (QED) is 0.768. The minimum absolute atomic E-state index is 0.0832. The van der Waals surface area contributed by atoms with Gasteiger partial charge in [-0.1, -0.05) is 11.6 Å². The molecule has 0 N–H and O–H groups in total. The molecule has 1 aliphatic heterocycles. The predicted octanol–water partition coefficient (Wildman–Crippen LogP) is 2.61. The number of rotatable bonds is 1. The van der Waals surface area contributed by atoms with Gasteiger partial charge >= 0.3 is 0 Å². The van der Waals surface area contributed by atoms with Gasteiger partial charge in [0.2, 0.25) is 0 Å². The number of fused-ring (bicyclic) bond motifs is 1. The molecule has 3 nitrogen and oxygen atoms in total. The van der Waals surface area contributed by atoms with Crippen LogP contribution in [-0.2, 0) is 11.3 Å². The molecular weight excluding hydrogens is 238 g/mol. The number of hydrogen-bond acceptors (Lipinski definition) is 2. The maximum atomic E-state index is 12.1. The van der Waals surface area contributed by atoms with Gasteiger partial charge in [-0.3, -0.25) is 4.79 Å². The Kier molecular flexibility index (Phi) is 2.51. The zero-order valence-corrected chi connectivity index (χ0v) is 10.4. The van der Waals surface area contributed by atoms with Crippen LogP contribution in [0.1, 0.15) is 25.3 Å². The van der Waals surface area contributed by atoms with E-state index in [0.717, 1.165) is 24.2 Å². The van der Waals surface area contributed by atoms with Crippen LogP contribution >= 0.6 is 11.6 Å². The number of hydrogen-bond donors (Lipinski definition) is 0. The smallest absolute Gasteiger partial charge is 0.263 e. The van der Waals surface area contributed by atoms with Crippen LogP contribution < -0.4 is 4.74 Å². The van der Waals surface area contributed by atoms with Crippen molar-refractivity contribution in [3.05, 3.63) is 28.8 Å². The lowest BCUT2D eigenvalue weighted by atomic mass is 10.2. The van der Waals surface area contributed by atoms with Crippen LogP contribution in [-0.4, -0.2) is 23.0 Å². The van der Waals surface area contributed by atoms with Crippen molar-refractivity contribution in [2.75, 3.05) is 0 Å². The van der Waals surface area contributed by atoms with Gasteiger partial charge in [-0.05, 0) is 38.0 Å². The van der Waals surface area contributed by atoms with Crippen LogP contribution in [0.25, 0.3) is 0 Å². The Morgan fingerprint density at radius 1 is 1.41 bits per heavy atom. The SMILES string of the molecule is CC1Oc2ccc(Cl)cc2CN(C2CC2)C1=O. The molecule has 2 aliphatic rings. The zero-order valence-electron chi connectivity index (χ0n) is 9.65. The minimum atomic E-state index is -0.405. The van der Waals surface area contributed by atoms with Crippen LogP contribution in [0.2, 0.25) is 5.02 Å². The number of halogens is 1. The van der Waals surface area contributed by atoms with E-state index in [-0.39, 0.29) is 5.91 Å². The number of benzene rings is 1. The molecule has 0 aromatic heterocycles. The first-order valence-electron chi connectivity index (χ1n) is 5.91. The second-order valence-electron chi connectivity index (χ2n) is 4.71. The topological polar surface area (TPSA) is 29.5 Å². The molecule has 0 saturated heterocycles. The van der Waals surface area contributed by atoms with Crippen molar-refractivity contribution < 1.29 is 9.53 Å². The minimum Gasteiger partial charge on any atom is -0.481 e. The molecule has 1 saturated carbocycles. The van der Waals surface area contributed by atoms with Gasteiger partial charge in [0.1, 0.15) is 5.75 Å². The molecule has 1 fully saturated rings. The summed E-state index contributed by atoms with van der Waals surface area (Å²) < 4.78 is 5.68. The number of nitrogens with zero attached hydrogens (tertiary/aromatic N) is 1. The highest BCUT2D eigenvalue weighted by Gasteiger charge is 2.37. The van der Waals surface area contributed by atoms with Crippen LogP contribution in [0.3, 0.4) is 0 Å². The molecule has 3 rings (SSSR count). The molecule has 90 valence electrons. The van der Waals surface area contributed by atoms with Gasteiger partial charge in [-0.15, -0.1) is 0 Å². The molecule has 1 amide bonds. The average molecular weight is 252 g/mol. The Morgan fingerprint density at radius 3 is 2.88 bits per heavy atom. The molecule has 1 aromatic carbocycles. The Labute approximate surface area is 105 Å². The number of carbonyl (C=O) groups is 1. The molecule has 1 aromatic rings. The predicted molar refractivity (Wildman–Crippen MR) is 65.1 cm³/mol. The zero-order chi connectivity index (χ0) is 12.0. The molecule has 1 aliphatic carbocycles. The first-order valence-corrected chi connectivity index (χ1v) is 6.28. The van der Waals surface area contributed by atoms with Crippen LogP contribution in [0.15, 0.2) is 18.2 Å². The van der Waals surface area contributed by atoms with Gasteiger partial charge in [0.05, 0.1) is 0 Å². The average Bonchev–Trinajstić information content (AvgIpc) is 3.11. The number of carbonyl (C=O) groups excluding carboxylic acids is 1. The first kappa shape index (κ1) is 10.9. The van der Waals surface area contributed by atoms with E-state index in [4.69, 9.17) is 16.3 Å². The molecule has 1 heterocycles. The molecule has 0 radical (unpaired) electrons. The maximum absolute atomic E-state index is 12.1. The van der Waals surface area contributed by atoms with Crippen molar-refractivity contribution in [1.29, 1.82) is 0 Å². The maximum Gasteiger partial charge on any atom is 0.263 e. The third-order valence-electron chi connectivity index (χ3n) is 3.29. The molecule has 1 atom stereocenters. The summed E-state index contributed by atoms with van der Waals surface area (Å²) in [6.45, 7) is 2.42. The van der Waals surface area contributed by atoms with Gasteiger partial charge in [0, 0.05) is 23.2 Å². The second kappa shape index (κ2) is 3.91. The monoisotopic (exact) mass is 251 g/mol. The van der Waals surface area contributed by atoms with Crippen LogP contribution in [0, 0.1) is 0 Å². The fraction of sp³-hybridized carbons (Fsp3) is 0.462. The van der Waals surface area contributed by atoms with Crippen molar-refractivity contribution in [2.45, 2.75) is 38.5 Å². The molecular formula is C13H14ClNO2. The lowest BCUT2D eigenvalue weighted by Crippen LogP contribution is -2.39. The summed E-state index contributed by atoms with van der Waals surface area (Å²) in [6, 6.07) is 5.93. The van der Waals surface area contributed by atoms with E-state index < -0.39 is 6.10 Å². The molecule has 1 unspecified atom stereocenters. The number of amides is 1. The fourth-order valence-corrected chi connectivity index (χ4v) is 2.41. The van der Waals surface area contributed by atoms with Gasteiger partial charge in [-0.2, -0.15) is 0 Å². The van der Waals surface area contributed by atoms with Crippen molar-refractivity contribution >= 4 is 17.5 Å². The summed E-state index contributed by atoms with van der Waals surface area (Å²) in [4.78, 5) is 14.1. The summed E-state index contributed by atoms with van der Waals surface area (Å²) in [5.41, 5.74) is 1.00. The molecule has 0 spiro atoms. The summed E-state index contributed by atoms with van der Waals surface area (Å²) in [7, 11) is 0. The third-order valence-corrected chi connectivity index (χ3v) is 3.52. The van der Waals surface area contributed by atoms with E-state index in [2.05, 4.69) is 0 Å². The first-order chi connectivity index (χ1) is 8.15. The summed E-state index contributed by atoms with van der Waals surface area (Å²) in [6.07, 6.45) is 1.81. The van der Waals surface area contributed by atoms with E-state index in [1.165, 1.54) is 0 Å². The van der Waals surface area contributed by atoms with E-state index >= 15 is 0 Å². The highest BCUT2D eigenvalue weighted by molar-refractivity contribution is 6.30. The van der Waals surface area contributed by atoms with Gasteiger partial charge < -0.3 is 9.64 Å². The summed E-state index contributed by atoms with van der Waals surface area (Å²) in [5.74, 6) is 0.859. The van der Waals surface area contributed by atoms with Crippen LogP contribution in [0.5, 0.6) is 5.75 Å². The Balaban J connectivity index is 1.99. The van der Waals surface area contributed by atoms with Crippen LogP contribution in [0.4, 0.5) is 0 Å². The fourth-order valence-electron chi connectivity index (χ4n) is 2.22. The van der Waals surface area contributed by atoms with Crippen molar-refractivity contribution in [3.63, 3.8) is 0 Å². The molecule has 17 heavy (non-hydrogen) atoms. The highest BCUT2D eigenvalue weighted by atomic mass is 35.5. The third kappa shape index (κ3) is 2.00.